The molecular weight excluding hydrogens is 477 g/mol. The molecule has 0 bridgehead atoms. The number of hydrogen-bond donors (Lipinski definition) is 1. The second-order valence-electron chi connectivity index (χ2n) is 8.06. The molecule has 0 spiro atoms. The van der Waals surface area contributed by atoms with Crippen LogP contribution in [0, 0.1) is 5.92 Å². The second kappa shape index (κ2) is 8.87. The summed E-state index contributed by atoms with van der Waals surface area (Å²) >= 11 is 0. The zero-order valence-corrected chi connectivity index (χ0v) is 19.0. The Morgan fingerprint density at radius 2 is 2.00 bits per heavy atom. The van der Waals surface area contributed by atoms with Crippen LogP contribution in [0.5, 0.6) is 5.75 Å². The van der Waals surface area contributed by atoms with Crippen LogP contribution in [0.15, 0.2) is 36.5 Å². The highest BCUT2D eigenvalue weighted by Gasteiger charge is 2.33. The van der Waals surface area contributed by atoms with E-state index in [1.54, 1.807) is 23.0 Å². The smallest absolute Gasteiger partial charge is 0.433 e. The van der Waals surface area contributed by atoms with Gasteiger partial charge in [-0.2, -0.15) is 26.7 Å². The van der Waals surface area contributed by atoms with Gasteiger partial charge in [0, 0.05) is 17.6 Å². The molecule has 4 rings (SSSR count). The maximum Gasteiger partial charge on any atom is 0.433 e. The minimum atomic E-state index is -4.67. The standard InChI is InChI=1S/C21H21F3N4O5S/c1-32-18-9-16-13(10-28(27-16)14-6-12(7-14)11-33-34(2,30)31)8-17(18)26-20(29)15-4-3-5-19(25-15)21(22,23)24/h3-5,8-10,12,14H,6-7,11H2,1-2H3,(H,26,29). The fraction of sp³-hybridized carbons (Fsp3) is 0.381. The predicted molar refractivity (Wildman–Crippen MR) is 116 cm³/mol. The van der Waals surface area contributed by atoms with Gasteiger partial charge in [-0.3, -0.25) is 13.7 Å². The first-order valence-corrected chi connectivity index (χ1v) is 12.0. The minimum absolute atomic E-state index is 0.0684. The van der Waals surface area contributed by atoms with Crippen molar-refractivity contribution < 1.29 is 35.3 Å². The molecule has 34 heavy (non-hydrogen) atoms. The Labute approximate surface area is 193 Å². The van der Waals surface area contributed by atoms with Crippen molar-refractivity contribution in [1.29, 1.82) is 0 Å². The molecule has 2 heterocycles. The third-order valence-electron chi connectivity index (χ3n) is 5.47. The van der Waals surface area contributed by atoms with Gasteiger partial charge in [-0.05, 0) is 37.0 Å². The molecule has 182 valence electrons. The highest BCUT2D eigenvalue weighted by atomic mass is 32.2. The number of nitrogens with zero attached hydrogens (tertiary/aromatic N) is 3. The monoisotopic (exact) mass is 498 g/mol. The van der Waals surface area contributed by atoms with Gasteiger partial charge in [-0.15, -0.1) is 0 Å². The van der Waals surface area contributed by atoms with Gasteiger partial charge in [0.1, 0.15) is 17.1 Å². The zero-order chi connectivity index (χ0) is 24.7. The van der Waals surface area contributed by atoms with Crippen molar-refractivity contribution in [2.24, 2.45) is 5.92 Å². The molecule has 0 aliphatic heterocycles. The van der Waals surface area contributed by atoms with Crippen LogP contribution < -0.4 is 10.1 Å². The second-order valence-corrected chi connectivity index (χ2v) is 9.70. The molecule has 9 nitrogen and oxygen atoms in total. The van der Waals surface area contributed by atoms with Crippen LogP contribution in [0.1, 0.15) is 35.1 Å². The number of halogens is 3. The van der Waals surface area contributed by atoms with Crippen LogP contribution in [0.25, 0.3) is 10.9 Å². The van der Waals surface area contributed by atoms with Gasteiger partial charge in [0.2, 0.25) is 0 Å². The number of carbonyl (C=O) groups excluding carboxylic acids is 1. The van der Waals surface area contributed by atoms with E-state index in [9.17, 15) is 26.4 Å². The van der Waals surface area contributed by atoms with E-state index in [-0.39, 0.29) is 35.7 Å². The van der Waals surface area contributed by atoms with E-state index in [0.717, 1.165) is 18.4 Å². The maximum atomic E-state index is 12.9. The largest absolute Gasteiger partial charge is 0.494 e. The number of rotatable bonds is 7. The van der Waals surface area contributed by atoms with Crippen LogP contribution in [0.2, 0.25) is 0 Å². The molecule has 3 aromatic rings. The maximum absolute atomic E-state index is 12.9. The van der Waals surface area contributed by atoms with Crippen molar-refractivity contribution in [3.63, 3.8) is 0 Å². The third kappa shape index (κ3) is 5.30. The number of aromatic nitrogens is 3. The molecule has 0 unspecified atom stereocenters. The summed E-state index contributed by atoms with van der Waals surface area (Å²) in [6.45, 7) is 0.129. The third-order valence-corrected chi connectivity index (χ3v) is 6.03. The van der Waals surface area contributed by atoms with Gasteiger partial charge < -0.3 is 10.1 Å². The van der Waals surface area contributed by atoms with Crippen molar-refractivity contribution in [2.75, 3.05) is 25.3 Å². The molecule has 1 aliphatic carbocycles. The van der Waals surface area contributed by atoms with Crippen LogP contribution >= 0.6 is 0 Å². The predicted octanol–water partition coefficient (Wildman–Crippen LogP) is 3.64. The SMILES string of the molecule is COc1cc2nn(C3CC(COS(C)(=O)=O)C3)cc2cc1NC(=O)c1cccc(C(F)(F)F)n1. The molecule has 0 saturated heterocycles. The number of benzene rings is 1. The number of anilines is 1. The lowest BCUT2D eigenvalue weighted by atomic mass is 9.81. The first-order chi connectivity index (χ1) is 15.9. The average Bonchev–Trinajstić information content (AvgIpc) is 3.12. The van der Waals surface area contributed by atoms with E-state index in [1.807, 2.05) is 0 Å². The van der Waals surface area contributed by atoms with Crippen molar-refractivity contribution in [1.82, 2.24) is 14.8 Å². The summed E-state index contributed by atoms with van der Waals surface area (Å²) in [5, 5.41) is 7.76. The summed E-state index contributed by atoms with van der Waals surface area (Å²) in [7, 11) is -2.08. The lowest BCUT2D eigenvalue weighted by molar-refractivity contribution is -0.141. The molecule has 1 aromatic carbocycles. The number of amides is 1. The van der Waals surface area contributed by atoms with Crippen LogP contribution in [-0.2, 0) is 20.5 Å². The molecule has 1 saturated carbocycles. The Bertz CT molecular complexity index is 1330. The van der Waals surface area contributed by atoms with E-state index < -0.39 is 27.9 Å². The molecule has 1 fully saturated rings. The summed E-state index contributed by atoms with van der Waals surface area (Å²) in [5.74, 6) is -0.425. The number of nitrogens with one attached hydrogen (secondary N) is 1. The number of alkyl halides is 3. The molecule has 1 amide bonds. The van der Waals surface area contributed by atoms with Gasteiger partial charge in [-0.25, -0.2) is 4.98 Å². The number of hydrogen-bond acceptors (Lipinski definition) is 7. The molecule has 2 aromatic heterocycles. The molecule has 13 heteroatoms. The van der Waals surface area contributed by atoms with Crippen LogP contribution in [0.3, 0.4) is 0 Å². The highest BCUT2D eigenvalue weighted by molar-refractivity contribution is 7.85. The fourth-order valence-corrected chi connectivity index (χ4v) is 4.14. The van der Waals surface area contributed by atoms with E-state index in [4.69, 9.17) is 8.92 Å². The Morgan fingerprint density at radius 1 is 1.26 bits per heavy atom. The van der Waals surface area contributed by atoms with Crippen molar-refractivity contribution >= 4 is 32.6 Å². The number of carbonyl (C=O) groups is 1. The molecule has 0 radical (unpaired) electrons. The van der Waals surface area contributed by atoms with Gasteiger partial charge in [-0.1, -0.05) is 6.07 Å². The molecular formula is C21H21F3N4O5S. The van der Waals surface area contributed by atoms with E-state index in [2.05, 4.69) is 15.4 Å². The summed E-state index contributed by atoms with van der Waals surface area (Å²) in [5.41, 5.74) is -0.691. The summed E-state index contributed by atoms with van der Waals surface area (Å²) in [6, 6.07) is 6.39. The Kier molecular flexibility index (Phi) is 6.25. The Balaban J connectivity index is 1.50. The fourth-order valence-electron chi connectivity index (χ4n) is 3.70. The van der Waals surface area contributed by atoms with Crippen molar-refractivity contribution in [2.45, 2.75) is 25.1 Å². The first-order valence-electron chi connectivity index (χ1n) is 10.2. The zero-order valence-electron chi connectivity index (χ0n) is 18.2. The molecule has 0 atom stereocenters. The van der Waals surface area contributed by atoms with Crippen LogP contribution in [0.4, 0.5) is 18.9 Å². The van der Waals surface area contributed by atoms with E-state index in [1.165, 1.54) is 13.2 Å². The first kappa shape index (κ1) is 24.0. The van der Waals surface area contributed by atoms with Gasteiger partial charge in [0.05, 0.1) is 37.2 Å². The lowest BCUT2D eigenvalue weighted by Crippen LogP contribution is -2.30. The van der Waals surface area contributed by atoms with E-state index >= 15 is 0 Å². The van der Waals surface area contributed by atoms with Crippen molar-refractivity contribution in [3.05, 3.63) is 47.9 Å². The van der Waals surface area contributed by atoms with Gasteiger partial charge in [0.25, 0.3) is 16.0 Å². The number of pyridine rings is 1. The summed E-state index contributed by atoms with van der Waals surface area (Å²) in [4.78, 5) is 16.0. The number of methoxy groups -OCH3 is 1. The van der Waals surface area contributed by atoms with Gasteiger partial charge >= 0.3 is 6.18 Å². The highest BCUT2D eigenvalue weighted by Crippen LogP contribution is 2.39. The Hall–Kier alpha value is -3.19. The topological polar surface area (TPSA) is 112 Å². The van der Waals surface area contributed by atoms with Crippen LogP contribution in [-0.4, -0.2) is 49.1 Å². The van der Waals surface area contributed by atoms with Gasteiger partial charge in [0.15, 0.2) is 0 Å². The number of ether oxygens (including phenoxy) is 1. The normalized spacial score (nSPS) is 18.5. The lowest BCUT2D eigenvalue weighted by Gasteiger charge is -2.34. The average molecular weight is 498 g/mol. The Morgan fingerprint density at radius 3 is 2.65 bits per heavy atom. The van der Waals surface area contributed by atoms with Crippen molar-refractivity contribution in [3.8, 4) is 5.75 Å². The summed E-state index contributed by atoms with van der Waals surface area (Å²) in [6.07, 6.45) is -0.475. The number of fused-ring (bicyclic) bond motifs is 1. The quantitative estimate of drug-likeness (QED) is 0.495. The van der Waals surface area contributed by atoms with E-state index in [0.29, 0.717) is 23.7 Å². The summed E-state index contributed by atoms with van der Waals surface area (Å²) < 4.78 is 72.9. The molecule has 1 N–H and O–H groups in total. The minimum Gasteiger partial charge on any atom is -0.494 e. The molecule has 1 aliphatic rings.